The molecule has 1 heterocycles. The highest BCUT2D eigenvalue weighted by Gasteiger charge is 2.16. The van der Waals surface area contributed by atoms with E-state index < -0.39 is 0 Å². The first-order valence-electron chi connectivity index (χ1n) is 8.25. The number of methoxy groups -OCH3 is 2. The van der Waals surface area contributed by atoms with Gasteiger partial charge < -0.3 is 25.4 Å². The highest BCUT2D eigenvalue weighted by Crippen LogP contribution is 2.30. The van der Waals surface area contributed by atoms with Crippen molar-refractivity contribution in [1.29, 1.82) is 0 Å². The first-order valence-corrected chi connectivity index (χ1v) is 8.25. The van der Waals surface area contributed by atoms with Gasteiger partial charge >= 0.3 is 0 Å². The summed E-state index contributed by atoms with van der Waals surface area (Å²) in [5, 5.41) is 3.32. The first kappa shape index (κ1) is 19.0. The lowest BCUT2D eigenvalue weighted by atomic mass is 10.1. The highest BCUT2D eigenvalue weighted by molar-refractivity contribution is 5.79. The summed E-state index contributed by atoms with van der Waals surface area (Å²) in [5.74, 6) is 1.27. The van der Waals surface area contributed by atoms with Crippen LogP contribution in [0.25, 0.3) is 0 Å². The van der Waals surface area contributed by atoms with Crippen molar-refractivity contribution >= 4 is 23.0 Å². The zero-order valence-corrected chi connectivity index (χ0v) is 15.4. The number of benzene rings is 1. The van der Waals surface area contributed by atoms with Crippen LogP contribution in [0.1, 0.15) is 11.1 Å². The van der Waals surface area contributed by atoms with Crippen molar-refractivity contribution in [2.24, 2.45) is 0 Å². The van der Waals surface area contributed by atoms with E-state index in [0.29, 0.717) is 43.6 Å². The van der Waals surface area contributed by atoms with Gasteiger partial charge in [0.25, 0.3) is 0 Å². The monoisotopic (exact) mass is 345 g/mol. The Kier molecular flexibility index (Phi) is 6.97. The fraction of sp³-hybridized carbons (Fsp3) is 0.444. The van der Waals surface area contributed by atoms with Gasteiger partial charge in [-0.1, -0.05) is 12.1 Å². The smallest absolute Gasteiger partial charge is 0.159 e. The fourth-order valence-corrected chi connectivity index (χ4v) is 2.48. The first-order chi connectivity index (χ1) is 12.1. The van der Waals surface area contributed by atoms with E-state index >= 15 is 0 Å². The fourth-order valence-electron chi connectivity index (χ4n) is 2.48. The number of anilines is 4. The predicted molar refractivity (Wildman–Crippen MR) is 102 cm³/mol. The Hall–Kier alpha value is -2.38. The van der Waals surface area contributed by atoms with Gasteiger partial charge in [0.15, 0.2) is 11.6 Å². The molecule has 0 aliphatic heterocycles. The van der Waals surface area contributed by atoms with E-state index in [-0.39, 0.29) is 0 Å². The maximum Gasteiger partial charge on any atom is 0.159 e. The summed E-state index contributed by atoms with van der Waals surface area (Å²) < 4.78 is 10.4. The van der Waals surface area contributed by atoms with Crippen LogP contribution in [0.4, 0.5) is 23.0 Å². The highest BCUT2D eigenvalue weighted by atomic mass is 16.5. The lowest BCUT2D eigenvalue weighted by Gasteiger charge is -2.25. The van der Waals surface area contributed by atoms with Gasteiger partial charge in [0.05, 0.1) is 13.2 Å². The number of ether oxygens (including phenoxy) is 2. The van der Waals surface area contributed by atoms with E-state index in [4.69, 9.17) is 15.2 Å². The maximum absolute atomic E-state index is 6.35. The summed E-state index contributed by atoms with van der Waals surface area (Å²) in [6, 6.07) is 6.09. The third kappa shape index (κ3) is 4.80. The average Bonchev–Trinajstić information content (AvgIpc) is 2.61. The Bertz CT molecular complexity index is 685. The van der Waals surface area contributed by atoms with Crippen LogP contribution in [0.2, 0.25) is 0 Å². The van der Waals surface area contributed by atoms with Gasteiger partial charge in [-0.05, 0) is 31.0 Å². The zero-order valence-electron chi connectivity index (χ0n) is 15.4. The van der Waals surface area contributed by atoms with Crippen LogP contribution in [0.5, 0.6) is 0 Å². The minimum absolute atomic E-state index is 0.510. The molecular formula is C18H27N5O2. The van der Waals surface area contributed by atoms with E-state index in [1.54, 1.807) is 14.2 Å². The standard InChI is InChI=1S/C18H27N5O2/c1-13-6-5-7-15(14(13)2)22-17-16(19)18(21-12-20-17)23(8-10-24-3)9-11-25-4/h5-7,12H,8-11,19H2,1-4H3,(H,20,21,22). The van der Waals surface area contributed by atoms with E-state index in [9.17, 15) is 0 Å². The second-order valence-electron chi connectivity index (χ2n) is 5.80. The van der Waals surface area contributed by atoms with E-state index in [2.05, 4.69) is 35.2 Å². The number of aryl methyl sites for hydroxylation is 1. The number of hydrogen-bond donors (Lipinski definition) is 2. The molecule has 0 fully saturated rings. The molecule has 0 amide bonds. The molecule has 3 N–H and O–H groups in total. The molecule has 0 aliphatic carbocycles. The number of aromatic nitrogens is 2. The molecular weight excluding hydrogens is 318 g/mol. The molecule has 1 aromatic carbocycles. The van der Waals surface area contributed by atoms with Crippen LogP contribution < -0.4 is 16.0 Å². The van der Waals surface area contributed by atoms with Gasteiger partial charge in [-0.2, -0.15) is 0 Å². The van der Waals surface area contributed by atoms with Crippen molar-refractivity contribution in [2.75, 3.05) is 56.5 Å². The lowest BCUT2D eigenvalue weighted by Crippen LogP contribution is -2.32. The molecule has 0 bridgehead atoms. The largest absolute Gasteiger partial charge is 0.393 e. The molecule has 0 atom stereocenters. The summed E-state index contributed by atoms with van der Waals surface area (Å²) in [6.07, 6.45) is 1.52. The Morgan fingerprint density at radius 1 is 1.08 bits per heavy atom. The third-order valence-electron chi connectivity index (χ3n) is 4.15. The maximum atomic E-state index is 6.35. The number of nitrogen functional groups attached to an aromatic ring is 1. The molecule has 2 aromatic rings. The number of nitrogens with two attached hydrogens (primary N) is 1. The molecule has 0 unspecified atom stereocenters. The van der Waals surface area contributed by atoms with Gasteiger partial charge in [-0.15, -0.1) is 0 Å². The molecule has 2 rings (SSSR count). The molecule has 0 saturated heterocycles. The van der Waals surface area contributed by atoms with Crippen LogP contribution >= 0.6 is 0 Å². The molecule has 0 radical (unpaired) electrons. The minimum atomic E-state index is 0.510. The molecule has 7 nitrogen and oxygen atoms in total. The van der Waals surface area contributed by atoms with Crippen LogP contribution in [0, 0.1) is 13.8 Å². The lowest BCUT2D eigenvalue weighted by molar-refractivity contribution is 0.190. The van der Waals surface area contributed by atoms with Crippen molar-refractivity contribution in [2.45, 2.75) is 13.8 Å². The molecule has 1 aromatic heterocycles. The Morgan fingerprint density at radius 3 is 2.40 bits per heavy atom. The van der Waals surface area contributed by atoms with E-state index in [1.807, 2.05) is 17.0 Å². The van der Waals surface area contributed by atoms with Crippen molar-refractivity contribution in [1.82, 2.24) is 9.97 Å². The summed E-state index contributed by atoms with van der Waals surface area (Å²) in [5.41, 5.74) is 10.2. The van der Waals surface area contributed by atoms with Gasteiger partial charge in [0.2, 0.25) is 0 Å². The van der Waals surface area contributed by atoms with Crippen LogP contribution in [-0.2, 0) is 9.47 Å². The Balaban J connectivity index is 2.29. The topological polar surface area (TPSA) is 85.5 Å². The zero-order chi connectivity index (χ0) is 18.2. The van der Waals surface area contributed by atoms with Crippen LogP contribution in [0.3, 0.4) is 0 Å². The van der Waals surface area contributed by atoms with Gasteiger partial charge in [0, 0.05) is 33.0 Å². The third-order valence-corrected chi connectivity index (χ3v) is 4.15. The molecule has 25 heavy (non-hydrogen) atoms. The van der Waals surface area contributed by atoms with E-state index in [1.165, 1.54) is 11.9 Å². The molecule has 0 aliphatic rings. The van der Waals surface area contributed by atoms with Crippen molar-refractivity contribution in [3.63, 3.8) is 0 Å². The SMILES string of the molecule is COCCN(CCOC)c1ncnc(Nc2cccc(C)c2C)c1N. The molecule has 0 spiro atoms. The normalized spacial score (nSPS) is 10.7. The number of hydrogen-bond acceptors (Lipinski definition) is 7. The predicted octanol–water partition coefficient (Wildman–Crippen LogP) is 2.52. The van der Waals surface area contributed by atoms with Crippen LogP contribution in [0.15, 0.2) is 24.5 Å². The summed E-state index contributed by atoms with van der Waals surface area (Å²) in [4.78, 5) is 10.7. The summed E-state index contributed by atoms with van der Waals surface area (Å²) in [6.45, 7) is 6.64. The molecule has 7 heteroatoms. The second kappa shape index (κ2) is 9.19. The quantitative estimate of drug-likeness (QED) is 0.722. The van der Waals surface area contributed by atoms with Crippen molar-refractivity contribution < 1.29 is 9.47 Å². The molecule has 0 saturated carbocycles. The Morgan fingerprint density at radius 2 is 1.76 bits per heavy atom. The number of rotatable bonds is 9. The number of nitrogens with one attached hydrogen (secondary N) is 1. The van der Waals surface area contributed by atoms with Gasteiger partial charge in [-0.3, -0.25) is 0 Å². The minimum Gasteiger partial charge on any atom is -0.393 e. The second-order valence-corrected chi connectivity index (χ2v) is 5.80. The Labute approximate surface area is 149 Å². The summed E-state index contributed by atoms with van der Waals surface area (Å²) >= 11 is 0. The molecule has 136 valence electrons. The van der Waals surface area contributed by atoms with Crippen LogP contribution in [-0.4, -0.2) is 50.5 Å². The number of nitrogens with zero attached hydrogens (tertiary/aromatic N) is 3. The van der Waals surface area contributed by atoms with Gasteiger partial charge in [-0.25, -0.2) is 9.97 Å². The van der Waals surface area contributed by atoms with Crippen molar-refractivity contribution in [3.8, 4) is 0 Å². The average molecular weight is 345 g/mol. The summed E-state index contributed by atoms with van der Waals surface area (Å²) in [7, 11) is 3.34. The van der Waals surface area contributed by atoms with Gasteiger partial charge in [0.1, 0.15) is 12.0 Å². The van der Waals surface area contributed by atoms with Crippen molar-refractivity contribution in [3.05, 3.63) is 35.7 Å². The van der Waals surface area contributed by atoms with E-state index in [0.717, 1.165) is 11.3 Å².